The second kappa shape index (κ2) is 10.3. The number of anilines is 2. The second-order valence-corrected chi connectivity index (χ2v) is 7.13. The average Bonchev–Trinajstić information content (AvgIpc) is 3.32. The number of carbonyl (C=O) groups is 3. The van der Waals surface area contributed by atoms with Crippen LogP contribution in [0.1, 0.15) is 27.6 Å². The zero-order chi connectivity index (χ0) is 23.9. The molecule has 10 heteroatoms. The van der Waals surface area contributed by atoms with E-state index in [1.807, 2.05) is 6.92 Å². The van der Waals surface area contributed by atoms with E-state index in [9.17, 15) is 14.4 Å². The molecule has 2 amide bonds. The summed E-state index contributed by atoms with van der Waals surface area (Å²) in [6, 6.07) is 16.6. The van der Waals surface area contributed by atoms with Gasteiger partial charge in [-0.25, -0.2) is 4.79 Å². The van der Waals surface area contributed by atoms with Gasteiger partial charge < -0.3 is 20.1 Å². The van der Waals surface area contributed by atoms with Crippen LogP contribution in [0.4, 0.5) is 11.4 Å². The van der Waals surface area contributed by atoms with E-state index in [1.165, 1.54) is 12.5 Å². The number of nitrogens with zero attached hydrogens (tertiary/aromatic N) is 3. The van der Waals surface area contributed by atoms with Gasteiger partial charge in [0.05, 0.1) is 12.2 Å². The average molecular weight is 459 g/mol. The molecule has 10 nitrogen and oxygen atoms in total. The lowest BCUT2D eigenvalue weighted by molar-refractivity contribution is -0.119. The minimum Gasteiger partial charge on any atom is -0.494 e. The molecule has 0 unspecified atom stereocenters. The van der Waals surface area contributed by atoms with Crippen LogP contribution in [0.25, 0.3) is 5.65 Å². The summed E-state index contributed by atoms with van der Waals surface area (Å²) in [6.45, 7) is 2.01. The van der Waals surface area contributed by atoms with Crippen LogP contribution >= 0.6 is 0 Å². The van der Waals surface area contributed by atoms with Crippen molar-refractivity contribution in [3.63, 3.8) is 0 Å². The van der Waals surface area contributed by atoms with E-state index in [4.69, 9.17) is 9.47 Å². The number of hydrogen-bond acceptors (Lipinski definition) is 7. The predicted octanol–water partition coefficient (Wildman–Crippen LogP) is 3.18. The van der Waals surface area contributed by atoms with Crippen molar-refractivity contribution in [2.75, 3.05) is 23.8 Å². The molecule has 0 aliphatic carbocycles. The van der Waals surface area contributed by atoms with Crippen molar-refractivity contribution in [1.82, 2.24) is 14.6 Å². The Morgan fingerprint density at radius 2 is 1.56 bits per heavy atom. The number of pyridine rings is 1. The molecule has 4 aromatic rings. The minimum absolute atomic E-state index is 0.267. The Morgan fingerprint density at radius 1 is 0.882 bits per heavy atom. The zero-order valence-electron chi connectivity index (χ0n) is 18.2. The summed E-state index contributed by atoms with van der Waals surface area (Å²) in [5.74, 6) is -0.721. The van der Waals surface area contributed by atoms with Crippen LogP contribution in [-0.4, -0.2) is 45.6 Å². The molecule has 0 saturated carbocycles. The first kappa shape index (κ1) is 22.5. The Balaban J connectivity index is 1.27. The van der Waals surface area contributed by atoms with E-state index in [0.717, 1.165) is 5.75 Å². The van der Waals surface area contributed by atoms with Gasteiger partial charge in [-0.1, -0.05) is 0 Å². The smallest absolute Gasteiger partial charge is 0.340 e. The lowest BCUT2D eigenvalue weighted by Gasteiger charge is -2.09. The third-order valence-corrected chi connectivity index (χ3v) is 4.72. The first-order valence-electron chi connectivity index (χ1n) is 10.4. The molecule has 2 aromatic heterocycles. The van der Waals surface area contributed by atoms with E-state index in [1.54, 1.807) is 65.1 Å². The number of rotatable bonds is 8. The molecule has 0 atom stereocenters. The van der Waals surface area contributed by atoms with Gasteiger partial charge in [0.2, 0.25) is 0 Å². The van der Waals surface area contributed by atoms with Gasteiger partial charge in [0.25, 0.3) is 11.8 Å². The summed E-state index contributed by atoms with van der Waals surface area (Å²) in [5.41, 5.74) is 2.37. The van der Waals surface area contributed by atoms with E-state index in [0.29, 0.717) is 29.2 Å². The van der Waals surface area contributed by atoms with E-state index < -0.39 is 18.5 Å². The van der Waals surface area contributed by atoms with Crippen LogP contribution in [-0.2, 0) is 9.53 Å². The van der Waals surface area contributed by atoms with Gasteiger partial charge in [-0.05, 0) is 67.6 Å². The molecule has 4 rings (SSSR count). The summed E-state index contributed by atoms with van der Waals surface area (Å²) in [6.07, 6.45) is 2.98. The fraction of sp³-hybridized carbons (Fsp3) is 0.125. The molecular weight excluding hydrogens is 438 g/mol. The van der Waals surface area contributed by atoms with Crippen LogP contribution in [0.5, 0.6) is 5.75 Å². The second-order valence-electron chi connectivity index (χ2n) is 7.13. The third-order valence-electron chi connectivity index (χ3n) is 4.72. The van der Waals surface area contributed by atoms with Crippen molar-refractivity contribution < 1.29 is 23.9 Å². The largest absolute Gasteiger partial charge is 0.494 e. The molecule has 0 fully saturated rings. The lowest BCUT2D eigenvalue weighted by Crippen LogP contribution is -2.21. The van der Waals surface area contributed by atoms with Crippen LogP contribution in [0.3, 0.4) is 0 Å². The highest BCUT2D eigenvalue weighted by Crippen LogP contribution is 2.17. The number of amides is 2. The van der Waals surface area contributed by atoms with Crippen LogP contribution in [0.15, 0.2) is 73.2 Å². The number of nitrogens with one attached hydrogen (secondary N) is 2. The number of ether oxygens (including phenoxy) is 2. The fourth-order valence-corrected chi connectivity index (χ4v) is 3.07. The lowest BCUT2D eigenvalue weighted by atomic mass is 10.2. The normalized spacial score (nSPS) is 10.5. The van der Waals surface area contributed by atoms with Gasteiger partial charge in [-0.2, -0.15) is 0 Å². The molecule has 2 N–H and O–H groups in total. The Bertz CT molecular complexity index is 1320. The number of carbonyl (C=O) groups excluding carboxylic acids is 3. The summed E-state index contributed by atoms with van der Waals surface area (Å²) in [4.78, 5) is 36.8. The van der Waals surface area contributed by atoms with E-state index >= 15 is 0 Å². The molecule has 0 aliphatic heterocycles. The van der Waals surface area contributed by atoms with Crippen molar-refractivity contribution >= 4 is 34.8 Å². The molecule has 0 bridgehead atoms. The summed E-state index contributed by atoms with van der Waals surface area (Å²) >= 11 is 0. The van der Waals surface area contributed by atoms with E-state index in [-0.39, 0.29) is 11.5 Å². The van der Waals surface area contributed by atoms with Crippen molar-refractivity contribution in [3.05, 3.63) is 84.3 Å². The molecule has 34 heavy (non-hydrogen) atoms. The number of benzene rings is 2. The highest BCUT2D eigenvalue weighted by atomic mass is 16.5. The number of aromatic nitrogens is 3. The molecule has 0 aliphatic rings. The molecule has 172 valence electrons. The van der Waals surface area contributed by atoms with Crippen LogP contribution in [0.2, 0.25) is 0 Å². The molecular formula is C24H21N5O5. The monoisotopic (exact) mass is 459 g/mol. The summed E-state index contributed by atoms with van der Waals surface area (Å²) < 4.78 is 12.0. The minimum atomic E-state index is -0.646. The first-order chi connectivity index (χ1) is 16.5. The molecule has 2 heterocycles. The molecule has 0 radical (unpaired) electrons. The van der Waals surface area contributed by atoms with Crippen LogP contribution in [0, 0.1) is 0 Å². The van der Waals surface area contributed by atoms with E-state index in [2.05, 4.69) is 20.8 Å². The van der Waals surface area contributed by atoms with Gasteiger partial charge in [-0.15, -0.1) is 10.2 Å². The van der Waals surface area contributed by atoms with Crippen molar-refractivity contribution in [2.24, 2.45) is 0 Å². The highest BCUT2D eigenvalue weighted by molar-refractivity contribution is 6.04. The quantitative estimate of drug-likeness (QED) is 0.388. The number of hydrogen-bond donors (Lipinski definition) is 2. The van der Waals surface area contributed by atoms with Crippen LogP contribution < -0.4 is 15.4 Å². The zero-order valence-corrected chi connectivity index (χ0v) is 18.2. The van der Waals surface area contributed by atoms with Crippen molar-refractivity contribution in [2.45, 2.75) is 6.92 Å². The maximum Gasteiger partial charge on any atom is 0.340 e. The fourth-order valence-electron chi connectivity index (χ4n) is 3.07. The maximum absolute atomic E-state index is 12.4. The van der Waals surface area contributed by atoms with Gasteiger partial charge in [0.1, 0.15) is 12.1 Å². The summed E-state index contributed by atoms with van der Waals surface area (Å²) in [5, 5.41) is 13.0. The Morgan fingerprint density at radius 3 is 2.29 bits per heavy atom. The molecule has 0 spiro atoms. The van der Waals surface area contributed by atoms with Gasteiger partial charge in [0.15, 0.2) is 12.3 Å². The van der Waals surface area contributed by atoms with Gasteiger partial charge in [0, 0.05) is 23.1 Å². The van der Waals surface area contributed by atoms with Crippen molar-refractivity contribution in [1.29, 1.82) is 0 Å². The Labute approximate surface area is 194 Å². The standard InChI is InChI=1S/C24H21N5O5/c1-2-33-20-10-8-19(9-11-20)27-23(31)16-3-6-18(7-4-16)26-22(30)14-34-24(32)17-5-12-21-28-25-15-29(21)13-17/h3-13,15H,2,14H2,1H3,(H,26,30)(H,27,31). The summed E-state index contributed by atoms with van der Waals surface area (Å²) in [7, 11) is 0. The maximum atomic E-state index is 12.4. The Kier molecular flexibility index (Phi) is 6.78. The van der Waals surface area contributed by atoms with Gasteiger partial charge in [-0.3, -0.25) is 14.0 Å². The number of fused-ring (bicyclic) bond motifs is 1. The first-order valence-corrected chi connectivity index (χ1v) is 10.4. The predicted molar refractivity (Wildman–Crippen MR) is 124 cm³/mol. The molecule has 0 saturated heterocycles. The topological polar surface area (TPSA) is 124 Å². The highest BCUT2D eigenvalue weighted by Gasteiger charge is 2.12. The van der Waals surface area contributed by atoms with Gasteiger partial charge >= 0.3 is 5.97 Å². The third kappa shape index (κ3) is 5.54. The molecule has 2 aromatic carbocycles. The Hall–Kier alpha value is -4.73. The SMILES string of the molecule is CCOc1ccc(NC(=O)c2ccc(NC(=O)COC(=O)c3ccc4nncn4c3)cc2)cc1. The number of esters is 1. The van der Waals surface area contributed by atoms with Crippen molar-refractivity contribution in [3.8, 4) is 5.75 Å².